The monoisotopic (exact) mass is 409 g/mol. The van der Waals surface area contributed by atoms with Gasteiger partial charge in [0.2, 0.25) is 5.91 Å². The van der Waals surface area contributed by atoms with Gasteiger partial charge in [-0.2, -0.15) is 0 Å². The fourth-order valence-corrected chi connectivity index (χ4v) is 6.17. The number of carbonyl (C=O) groups excluding carboxylic acids is 1. The van der Waals surface area contributed by atoms with Gasteiger partial charge in [-0.15, -0.1) is 0 Å². The van der Waals surface area contributed by atoms with Crippen LogP contribution < -0.4 is 11.1 Å². The molecule has 7 nitrogen and oxygen atoms in total. The molecule has 1 aromatic carbocycles. The van der Waals surface area contributed by atoms with E-state index in [2.05, 4.69) is 10.3 Å². The highest BCUT2D eigenvalue weighted by atomic mass is 32.2. The number of aliphatic imine (C=N–C) groups is 1. The first-order valence-electron chi connectivity index (χ1n) is 9.29. The minimum absolute atomic E-state index is 0.0299. The Labute approximate surface area is 163 Å². The first-order valence-corrected chi connectivity index (χ1v) is 10.9. The molecule has 0 unspecified atom stereocenters. The van der Waals surface area contributed by atoms with Crippen LogP contribution in [0, 0.1) is 11.2 Å². The maximum Gasteiger partial charge on any atom is 0.230 e. The van der Waals surface area contributed by atoms with Crippen molar-refractivity contribution in [1.29, 1.82) is 0 Å². The number of amidine groups is 1. The van der Waals surface area contributed by atoms with E-state index in [0.717, 1.165) is 12.8 Å². The SMILES string of the molecule is CC1(C(=O)Nc2ccc(F)c([C@]3(C)CS(=O)(=O)[C@]4(CCOC4)C(N)=N3)c2)CC1. The summed E-state index contributed by atoms with van der Waals surface area (Å²) in [5.41, 5.74) is 4.83. The summed E-state index contributed by atoms with van der Waals surface area (Å²) in [6.45, 7) is 3.68. The molecule has 2 atom stereocenters. The van der Waals surface area contributed by atoms with E-state index in [1.165, 1.54) is 18.2 Å². The lowest BCUT2D eigenvalue weighted by Gasteiger charge is -2.39. The average molecular weight is 409 g/mol. The zero-order chi connectivity index (χ0) is 20.4. The third-order valence-electron chi connectivity index (χ3n) is 6.24. The number of nitrogens with two attached hydrogens (primary N) is 1. The van der Waals surface area contributed by atoms with Crippen LogP contribution in [0.15, 0.2) is 23.2 Å². The number of carbonyl (C=O) groups is 1. The summed E-state index contributed by atoms with van der Waals surface area (Å²) < 4.78 is 44.8. The van der Waals surface area contributed by atoms with Crippen LogP contribution in [0.25, 0.3) is 0 Å². The number of halogens is 1. The molecule has 3 aliphatic rings. The van der Waals surface area contributed by atoms with Crippen molar-refractivity contribution in [3.05, 3.63) is 29.6 Å². The Morgan fingerprint density at radius 1 is 1.29 bits per heavy atom. The summed E-state index contributed by atoms with van der Waals surface area (Å²) in [7, 11) is -3.73. The lowest BCUT2D eigenvalue weighted by molar-refractivity contribution is -0.120. The van der Waals surface area contributed by atoms with Crippen molar-refractivity contribution in [2.24, 2.45) is 16.1 Å². The summed E-state index contributed by atoms with van der Waals surface area (Å²) in [5, 5.41) is 2.79. The molecular formula is C19H24FN3O4S. The second-order valence-electron chi connectivity index (χ2n) is 8.54. The summed E-state index contributed by atoms with van der Waals surface area (Å²) in [6.07, 6.45) is 1.87. The minimum atomic E-state index is -3.73. The second kappa shape index (κ2) is 6.00. The van der Waals surface area contributed by atoms with E-state index in [4.69, 9.17) is 10.5 Å². The molecule has 1 aromatic rings. The summed E-state index contributed by atoms with van der Waals surface area (Å²) in [5.74, 6) is -1.14. The highest BCUT2D eigenvalue weighted by Crippen LogP contribution is 2.46. The molecule has 3 N–H and O–H groups in total. The number of rotatable bonds is 3. The van der Waals surface area contributed by atoms with Gasteiger partial charge in [0, 0.05) is 23.3 Å². The van der Waals surface area contributed by atoms with E-state index >= 15 is 0 Å². The zero-order valence-electron chi connectivity index (χ0n) is 15.9. The average Bonchev–Trinajstić information content (AvgIpc) is 3.16. The molecule has 1 saturated carbocycles. The van der Waals surface area contributed by atoms with Gasteiger partial charge in [-0.3, -0.25) is 9.79 Å². The Balaban J connectivity index is 1.73. The zero-order valence-corrected chi connectivity index (χ0v) is 16.7. The van der Waals surface area contributed by atoms with E-state index in [1.807, 2.05) is 6.92 Å². The second-order valence-corrected chi connectivity index (χ2v) is 10.8. The van der Waals surface area contributed by atoms with Crippen LogP contribution in [0.3, 0.4) is 0 Å². The number of nitrogens with one attached hydrogen (secondary N) is 1. The van der Waals surface area contributed by atoms with Crippen LogP contribution in [0.4, 0.5) is 10.1 Å². The third kappa shape index (κ3) is 2.83. The van der Waals surface area contributed by atoms with Gasteiger partial charge in [-0.05, 0) is 44.4 Å². The van der Waals surface area contributed by atoms with Crippen LogP contribution in [0.5, 0.6) is 0 Å². The van der Waals surface area contributed by atoms with Crippen molar-refractivity contribution in [3.8, 4) is 0 Å². The molecule has 0 aromatic heterocycles. The standard InChI is InChI=1S/C19H24FN3O4S/c1-17(5-6-17)16(24)22-12-3-4-14(20)13(9-12)18(2)11-28(25,26)19(15(21)23-18)7-8-27-10-19/h3-4,9H,5-8,10-11H2,1-2H3,(H2,21,23)(H,22,24)/t18-,19-/m0/s1. The number of hydrogen-bond donors (Lipinski definition) is 2. The van der Waals surface area contributed by atoms with Gasteiger partial charge in [0.1, 0.15) is 17.2 Å². The number of anilines is 1. The largest absolute Gasteiger partial charge is 0.386 e. The van der Waals surface area contributed by atoms with Gasteiger partial charge < -0.3 is 15.8 Å². The van der Waals surface area contributed by atoms with E-state index in [9.17, 15) is 17.6 Å². The predicted octanol–water partition coefficient (Wildman–Crippen LogP) is 1.72. The van der Waals surface area contributed by atoms with Crippen LogP contribution in [-0.4, -0.2) is 43.9 Å². The quantitative estimate of drug-likeness (QED) is 0.790. The Hall–Kier alpha value is -2.00. The number of benzene rings is 1. The number of amides is 1. The smallest absolute Gasteiger partial charge is 0.230 e. The van der Waals surface area contributed by atoms with Crippen molar-refractivity contribution in [2.45, 2.75) is 43.4 Å². The van der Waals surface area contributed by atoms with Gasteiger partial charge >= 0.3 is 0 Å². The number of hydrogen-bond acceptors (Lipinski definition) is 6. The van der Waals surface area contributed by atoms with Gasteiger partial charge in [0.25, 0.3) is 0 Å². The molecular weight excluding hydrogens is 385 g/mol. The normalized spacial score (nSPS) is 32.8. The molecule has 2 heterocycles. The molecule has 2 aliphatic heterocycles. The van der Waals surface area contributed by atoms with Crippen molar-refractivity contribution < 1.29 is 22.3 Å². The topological polar surface area (TPSA) is 111 Å². The highest BCUT2D eigenvalue weighted by molar-refractivity contribution is 7.93. The Kier molecular flexibility index (Phi) is 4.14. The molecule has 1 aliphatic carbocycles. The first kappa shape index (κ1) is 19.3. The molecule has 1 spiro atoms. The third-order valence-corrected chi connectivity index (χ3v) is 8.90. The molecule has 1 saturated heterocycles. The first-order chi connectivity index (χ1) is 13.0. The highest BCUT2D eigenvalue weighted by Gasteiger charge is 2.57. The van der Waals surface area contributed by atoms with Gasteiger partial charge in [-0.25, -0.2) is 12.8 Å². The van der Waals surface area contributed by atoms with Crippen LogP contribution in [0.2, 0.25) is 0 Å². The molecule has 152 valence electrons. The fraction of sp³-hybridized carbons (Fsp3) is 0.579. The number of nitrogens with zero attached hydrogens (tertiary/aromatic N) is 1. The van der Waals surface area contributed by atoms with Gasteiger partial charge in [-0.1, -0.05) is 6.92 Å². The van der Waals surface area contributed by atoms with Crippen LogP contribution in [0.1, 0.15) is 38.7 Å². The molecule has 2 fully saturated rings. The predicted molar refractivity (Wildman–Crippen MR) is 103 cm³/mol. The van der Waals surface area contributed by atoms with Crippen LogP contribution >= 0.6 is 0 Å². The Morgan fingerprint density at radius 3 is 2.57 bits per heavy atom. The molecule has 28 heavy (non-hydrogen) atoms. The summed E-state index contributed by atoms with van der Waals surface area (Å²) in [6, 6.07) is 4.13. The fourth-order valence-electron chi connectivity index (χ4n) is 3.91. The number of ether oxygens (including phenoxy) is 1. The maximum atomic E-state index is 14.7. The molecule has 4 rings (SSSR count). The Morgan fingerprint density at radius 2 is 2.00 bits per heavy atom. The van der Waals surface area contributed by atoms with Crippen molar-refractivity contribution >= 4 is 27.3 Å². The van der Waals surface area contributed by atoms with Gasteiger partial charge in [0.05, 0.1) is 12.4 Å². The van der Waals surface area contributed by atoms with Crippen molar-refractivity contribution in [1.82, 2.24) is 0 Å². The van der Waals surface area contributed by atoms with Crippen molar-refractivity contribution in [3.63, 3.8) is 0 Å². The lowest BCUT2D eigenvalue weighted by atomic mass is 9.92. The van der Waals surface area contributed by atoms with E-state index in [1.54, 1.807) is 6.92 Å². The summed E-state index contributed by atoms with van der Waals surface area (Å²) in [4.78, 5) is 16.8. The number of sulfone groups is 1. The minimum Gasteiger partial charge on any atom is -0.386 e. The Bertz CT molecular complexity index is 981. The summed E-state index contributed by atoms with van der Waals surface area (Å²) >= 11 is 0. The van der Waals surface area contributed by atoms with Crippen molar-refractivity contribution in [2.75, 3.05) is 24.3 Å². The lowest BCUT2D eigenvalue weighted by Crippen LogP contribution is -2.58. The molecule has 9 heteroatoms. The maximum absolute atomic E-state index is 14.7. The molecule has 0 radical (unpaired) electrons. The van der Waals surface area contributed by atoms with Gasteiger partial charge in [0.15, 0.2) is 14.6 Å². The van der Waals surface area contributed by atoms with E-state index in [-0.39, 0.29) is 41.5 Å². The van der Waals surface area contributed by atoms with Crippen LogP contribution in [-0.2, 0) is 24.9 Å². The van der Waals surface area contributed by atoms with E-state index in [0.29, 0.717) is 12.3 Å². The molecule has 0 bridgehead atoms. The molecule has 1 amide bonds. The van der Waals surface area contributed by atoms with E-state index < -0.39 is 25.9 Å².